The molecule has 0 bridgehead atoms. The molecule has 0 aliphatic carbocycles. The minimum absolute atomic E-state index is 0.215. The van der Waals surface area contributed by atoms with E-state index in [9.17, 15) is 19.6 Å². The van der Waals surface area contributed by atoms with Gasteiger partial charge >= 0.3 is 0 Å². The average molecular weight is 387 g/mol. The number of pyridine rings is 1. The summed E-state index contributed by atoms with van der Waals surface area (Å²) in [6, 6.07) is 19.4. The van der Waals surface area contributed by atoms with Crippen molar-refractivity contribution in [3.8, 4) is 17.2 Å². The molecule has 29 heavy (non-hydrogen) atoms. The van der Waals surface area contributed by atoms with Crippen LogP contribution in [-0.4, -0.2) is 39.6 Å². The summed E-state index contributed by atoms with van der Waals surface area (Å²) in [7, 11) is 0. The van der Waals surface area contributed by atoms with Crippen LogP contribution in [0.25, 0.3) is 11.1 Å². The number of rotatable bonds is 4. The van der Waals surface area contributed by atoms with Crippen LogP contribution in [0.5, 0.6) is 0 Å². The number of carbonyl (C=O) groups is 1. The number of hydrogen-bond acceptors (Lipinski definition) is 4. The lowest BCUT2D eigenvalue weighted by Gasteiger charge is -2.51. The van der Waals surface area contributed by atoms with E-state index < -0.39 is 23.9 Å². The third kappa shape index (κ3) is 3.16. The van der Waals surface area contributed by atoms with Gasteiger partial charge in [0.15, 0.2) is 0 Å². The van der Waals surface area contributed by atoms with Gasteiger partial charge in [-0.15, -0.1) is 0 Å². The Bertz CT molecular complexity index is 1080. The first-order valence-electron chi connectivity index (χ1n) is 9.25. The third-order valence-corrected chi connectivity index (χ3v) is 5.33. The molecule has 0 spiro atoms. The highest BCUT2D eigenvalue weighted by atomic mass is 19.1. The number of aliphatic hydroxyl groups is 1. The topological polar surface area (TPSA) is 77.2 Å². The van der Waals surface area contributed by atoms with Crippen LogP contribution in [0.3, 0.4) is 0 Å². The fourth-order valence-corrected chi connectivity index (χ4v) is 3.99. The predicted octanol–water partition coefficient (Wildman–Crippen LogP) is 3.38. The van der Waals surface area contributed by atoms with E-state index in [1.807, 2.05) is 12.1 Å². The van der Waals surface area contributed by atoms with Gasteiger partial charge in [-0.1, -0.05) is 48.5 Å². The van der Waals surface area contributed by atoms with Crippen molar-refractivity contribution in [1.82, 2.24) is 9.88 Å². The van der Waals surface area contributed by atoms with Crippen molar-refractivity contribution in [2.45, 2.75) is 18.0 Å². The zero-order valence-corrected chi connectivity index (χ0v) is 15.4. The van der Waals surface area contributed by atoms with E-state index >= 15 is 0 Å². The normalized spacial score (nSPS) is 20.6. The molecule has 1 aliphatic heterocycles. The number of benzene rings is 2. The van der Waals surface area contributed by atoms with Crippen molar-refractivity contribution in [3.05, 3.63) is 90.0 Å². The summed E-state index contributed by atoms with van der Waals surface area (Å²) in [5.74, 6) is -1.21. The Morgan fingerprint density at radius 2 is 1.76 bits per heavy atom. The van der Waals surface area contributed by atoms with E-state index in [-0.39, 0.29) is 18.1 Å². The number of likely N-dealkylation sites (tertiary alicyclic amines) is 1. The first-order valence-corrected chi connectivity index (χ1v) is 9.25. The van der Waals surface area contributed by atoms with E-state index in [4.69, 9.17) is 0 Å². The van der Waals surface area contributed by atoms with Crippen LogP contribution in [0.4, 0.5) is 4.39 Å². The monoisotopic (exact) mass is 387 g/mol. The second kappa shape index (κ2) is 7.82. The Balaban J connectivity index is 1.75. The van der Waals surface area contributed by atoms with Crippen molar-refractivity contribution in [2.24, 2.45) is 0 Å². The van der Waals surface area contributed by atoms with Crippen molar-refractivity contribution in [3.63, 3.8) is 0 Å². The van der Waals surface area contributed by atoms with E-state index in [0.717, 1.165) is 5.56 Å². The smallest absolute Gasteiger partial charge is 0.273 e. The lowest BCUT2D eigenvalue weighted by Crippen LogP contribution is -2.65. The summed E-state index contributed by atoms with van der Waals surface area (Å²) >= 11 is 0. The first kappa shape index (κ1) is 18.8. The van der Waals surface area contributed by atoms with Crippen LogP contribution in [0.2, 0.25) is 0 Å². The van der Waals surface area contributed by atoms with E-state index in [1.54, 1.807) is 48.5 Å². The fraction of sp³-hybridized carbons (Fsp3) is 0.174. The van der Waals surface area contributed by atoms with Crippen molar-refractivity contribution < 1.29 is 14.3 Å². The zero-order valence-electron chi connectivity index (χ0n) is 15.4. The third-order valence-electron chi connectivity index (χ3n) is 5.33. The molecular weight excluding hydrogens is 369 g/mol. The van der Waals surface area contributed by atoms with Crippen LogP contribution in [0.1, 0.15) is 22.0 Å². The molecule has 2 heterocycles. The van der Waals surface area contributed by atoms with Gasteiger partial charge in [-0.25, -0.2) is 4.39 Å². The molecule has 1 aromatic heterocycles. The van der Waals surface area contributed by atoms with Crippen molar-refractivity contribution >= 4 is 5.91 Å². The SMILES string of the molecule is N#C[C@@H]1[C@H](c2ccccc2-c2ccccc2F)[C@@H](CO)N1C(=O)c1ccccn1. The zero-order chi connectivity index (χ0) is 20.4. The van der Waals surface area contributed by atoms with Gasteiger partial charge in [-0.05, 0) is 29.3 Å². The molecule has 6 heteroatoms. The molecular formula is C23H18FN3O2. The molecule has 5 nitrogen and oxygen atoms in total. The highest BCUT2D eigenvalue weighted by molar-refractivity contribution is 5.94. The number of halogens is 1. The number of carbonyl (C=O) groups excluding carboxylic acids is 1. The fourth-order valence-electron chi connectivity index (χ4n) is 3.99. The maximum Gasteiger partial charge on any atom is 0.273 e. The Morgan fingerprint density at radius 1 is 1.07 bits per heavy atom. The molecule has 1 saturated heterocycles. The molecule has 2 aromatic carbocycles. The van der Waals surface area contributed by atoms with Gasteiger partial charge in [0.2, 0.25) is 0 Å². The van der Waals surface area contributed by atoms with E-state index in [0.29, 0.717) is 11.1 Å². The van der Waals surface area contributed by atoms with Crippen LogP contribution >= 0.6 is 0 Å². The molecule has 1 fully saturated rings. The van der Waals surface area contributed by atoms with Gasteiger partial charge < -0.3 is 10.0 Å². The Morgan fingerprint density at radius 3 is 2.41 bits per heavy atom. The minimum atomic E-state index is -0.783. The summed E-state index contributed by atoms with van der Waals surface area (Å²) in [5.41, 5.74) is 2.02. The Labute approximate surface area is 167 Å². The van der Waals surface area contributed by atoms with Gasteiger partial charge in [0, 0.05) is 17.7 Å². The van der Waals surface area contributed by atoms with Crippen LogP contribution < -0.4 is 0 Å². The summed E-state index contributed by atoms with van der Waals surface area (Å²) in [4.78, 5) is 18.3. The second-order valence-corrected chi connectivity index (χ2v) is 6.84. The molecule has 3 atom stereocenters. The molecule has 1 aliphatic rings. The lowest BCUT2D eigenvalue weighted by atomic mass is 9.73. The number of aromatic nitrogens is 1. The van der Waals surface area contributed by atoms with E-state index in [2.05, 4.69) is 11.1 Å². The molecule has 4 rings (SSSR count). The number of nitrogens with zero attached hydrogens (tertiary/aromatic N) is 3. The second-order valence-electron chi connectivity index (χ2n) is 6.84. The standard InChI is InChI=1S/C23H18FN3O2/c24-18-10-4-3-8-16(18)15-7-1-2-9-17(15)22-20(13-25)27(21(22)14-28)23(29)19-11-5-6-12-26-19/h1-12,20-22,28H,14H2/t20-,21-,22+/m1/s1. The molecule has 0 unspecified atom stereocenters. The molecule has 0 saturated carbocycles. The molecule has 1 N–H and O–H groups in total. The summed E-state index contributed by atoms with van der Waals surface area (Å²) < 4.78 is 14.4. The van der Waals surface area contributed by atoms with Crippen LogP contribution in [-0.2, 0) is 0 Å². The maximum absolute atomic E-state index is 14.4. The van der Waals surface area contributed by atoms with Gasteiger partial charge in [0.25, 0.3) is 5.91 Å². The number of amides is 1. The van der Waals surface area contributed by atoms with Gasteiger partial charge in [0.1, 0.15) is 17.6 Å². The molecule has 0 radical (unpaired) electrons. The quantitative estimate of drug-likeness (QED) is 0.745. The summed E-state index contributed by atoms with van der Waals surface area (Å²) in [6.07, 6.45) is 1.51. The number of nitriles is 1. The van der Waals surface area contributed by atoms with Gasteiger partial charge in [0.05, 0.1) is 18.7 Å². The van der Waals surface area contributed by atoms with Crippen molar-refractivity contribution in [1.29, 1.82) is 5.26 Å². The summed E-state index contributed by atoms with van der Waals surface area (Å²) in [5, 5.41) is 19.8. The van der Waals surface area contributed by atoms with Crippen LogP contribution in [0, 0.1) is 17.1 Å². The number of hydrogen-bond donors (Lipinski definition) is 1. The average Bonchev–Trinajstić information content (AvgIpc) is 2.75. The minimum Gasteiger partial charge on any atom is -0.394 e. The van der Waals surface area contributed by atoms with Gasteiger partial charge in [-0.3, -0.25) is 9.78 Å². The van der Waals surface area contributed by atoms with E-state index in [1.165, 1.54) is 17.2 Å². The maximum atomic E-state index is 14.4. The molecule has 1 amide bonds. The number of aliphatic hydroxyl groups excluding tert-OH is 1. The lowest BCUT2D eigenvalue weighted by molar-refractivity contribution is -0.00616. The first-order chi connectivity index (χ1) is 14.2. The Kier molecular flexibility index (Phi) is 5.07. The molecule has 144 valence electrons. The highest BCUT2D eigenvalue weighted by Gasteiger charge is 2.52. The predicted molar refractivity (Wildman–Crippen MR) is 105 cm³/mol. The van der Waals surface area contributed by atoms with Gasteiger partial charge in [-0.2, -0.15) is 5.26 Å². The summed E-state index contributed by atoms with van der Waals surface area (Å²) in [6.45, 7) is -0.312. The highest BCUT2D eigenvalue weighted by Crippen LogP contribution is 2.44. The molecule has 3 aromatic rings. The largest absolute Gasteiger partial charge is 0.394 e. The van der Waals surface area contributed by atoms with Crippen LogP contribution in [0.15, 0.2) is 72.9 Å². The van der Waals surface area contributed by atoms with Crippen molar-refractivity contribution in [2.75, 3.05) is 6.61 Å². The Hall–Kier alpha value is -3.56.